The van der Waals surface area contributed by atoms with E-state index in [0.717, 1.165) is 28.1 Å². The van der Waals surface area contributed by atoms with Crippen molar-refractivity contribution in [3.05, 3.63) is 101 Å². The minimum absolute atomic E-state index is 0.431. The maximum Gasteiger partial charge on any atom is 0.153 e. The van der Waals surface area contributed by atoms with E-state index >= 15 is 0 Å². The summed E-state index contributed by atoms with van der Waals surface area (Å²) in [7, 11) is 0. The van der Waals surface area contributed by atoms with Crippen molar-refractivity contribution in [2.75, 3.05) is 6.61 Å². The summed E-state index contributed by atoms with van der Waals surface area (Å²) in [6.45, 7) is 0.892. The van der Waals surface area contributed by atoms with Gasteiger partial charge in [0.05, 0.1) is 17.9 Å². The van der Waals surface area contributed by atoms with Crippen molar-refractivity contribution in [3.63, 3.8) is 0 Å². The fourth-order valence-electron chi connectivity index (χ4n) is 2.97. The summed E-state index contributed by atoms with van der Waals surface area (Å²) in [4.78, 5) is 16.1. The summed E-state index contributed by atoms with van der Waals surface area (Å²) < 4.78 is 11.7. The van der Waals surface area contributed by atoms with E-state index < -0.39 is 0 Å². The number of thiazole rings is 1. The van der Waals surface area contributed by atoms with Crippen LogP contribution in [-0.2, 0) is 13.0 Å². The van der Waals surface area contributed by atoms with E-state index in [9.17, 15) is 4.79 Å². The Bertz CT molecular complexity index is 1090. The van der Waals surface area contributed by atoms with E-state index in [1.54, 1.807) is 29.5 Å². The molecule has 150 valence electrons. The van der Waals surface area contributed by atoms with Gasteiger partial charge in [0.25, 0.3) is 0 Å². The van der Waals surface area contributed by atoms with Gasteiger partial charge in [-0.15, -0.1) is 11.3 Å². The zero-order valence-corrected chi connectivity index (χ0v) is 17.2. The van der Waals surface area contributed by atoms with Crippen molar-refractivity contribution < 1.29 is 14.3 Å². The topological polar surface area (TPSA) is 48.4 Å². The van der Waals surface area contributed by atoms with E-state index in [1.165, 1.54) is 0 Å². The maximum atomic E-state index is 11.4. The minimum atomic E-state index is 0.431. The first kappa shape index (κ1) is 19.9. The lowest BCUT2D eigenvalue weighted by Crippen LogP contribution is -2.04. The van der Waals surface area contributed by atoms with Crippen LogP contribution < -0.4 is 9.47 Å². The highest BCUT2D eigenvalue weighted by Crippen LogP contribution is 2.26. The van der Waals surface area contributed by atoms with Crippen LogP contribution in [0.4, 0.5) is 0 Å². The molecule has 0 aliphatic carbocycles. The van der Waals surface area contributed by atoms with Gasteiger partial charge in [-0.2, -0.15) is 0 Å². The average Bonchev–Trinajstić information content (AvgIpc) is 3.28. The van der Waals surface area contributed by atoms with Gasteiger partial charge in [-0.3, -0.25) is 4.79 Å². The van der Waals surface area contributed by atoms with Crippen molar-refractivity contribution in [3.8, 4) is 22.1 Å². The van der Waals surface area contributed by atoms with Crippen LogP contribution in [0.25, 0.3) is 10.6 Å². The minimum Gasteiger partial charge on any atom is -0.492 e. The molecule has 0 fully saturated rings. The molecule has 4 aromatic rings. The summed E-state index contributed by atoms with van der Waals surface area (Å²) in [6, 6.07) is 25.3. The largest absolute Gasteiger partial charge is 0.492 e. The SMILES string of the molecule is O=Cc1ccc(OCc2ccccc2)cc1OCCc1csc(-c2ccccc2)n1. The zero-order valence-electron chi connectivity index (χ0n) is 16.4. The Hall–Kier alpha value is -3.44. The fourth-order valence-corrected chi connectivity index (χ4v) is 3.83. The molecule has 0 unspecified atom stereocenters. The molecule has 0 radical (unpaired) electrons. The van der Waals surface area contributed by atoms with Gasteiger partial charge in [0.2, 0.25) is 0 Å². The molecule has 0 bridgehead atoms. The Labute approximate surface area is 179 Å². The van der Waals surface area contributed by atoms with Crippen molar-refractivity contribution in [1.82, 2.24) is 4.98 Å². The number of aromatic nitrogens is 1. The second kappa shape index (κ2) is 9.85. The monoisotopic (exact) mass is 415 g/mol. The molecule has 5 heteroatoms. The Morgan fingerprint density at radius 2 is 1.67 bits per heavy atom. The Morgan fingerprint density at radius 3 is 2.43 bits per heavy atom. The van der Waals surface area contributed by atoms with Crippen molar-refractivity contribution in [2.24, 2.45) is 0 Å². The van der Waals surface area contributed by atoms with Gasteiger partial charge in [0.15, 0.2) is 6.29 Å². The standard InChI is InChI=1S/C25H21NO3S/c27-16-21-11-12-23(29-17-19-7-3-1-4-8-19)15-24(21)28-14-13-22-18-30-25(26-22)20-9-5-2-6-10-20/h1-12,15-16,18H,13-14,17H2. The van der Waals surface area contributed by atoms with Crippen LogP contribution in [0.2, 0.25) is 0 Å². The molecule has 0 saturated heterocycles. The smallest absolute Gasteiger partial charge is 0.153 e. The summed E-state index contributed by atoms with van der Waals surface area (Å²) in [5.74, 6) is 1.19. The molecule has 0 aliphatic rings. The molecule has 4 rings (SSSR count). The maximum absolute atomic E-state index is 11.4. The molecule has 30 heavy (non-hydrogen) atoms. The molecule has 0 aliphatic heterocycles. The van der Waals surface area contributed by atoms with Gasteiger partial charge in [0, 0.05) is 23.4 Å². The van der Waals surface area contributed by atoms with Crippen LogP contribution in [0.5, 0.6) is 11.5 Å². The fraction of sp³-hybridized carbons (Fsp3) is 0.120. The predicted octanol–water partition coefficient (Wildman–Crippen LogP) is 5.82. The number of hydrogen-bond donors (Lipinski definition) is 0. The van der Waals surface area contributed by atoms with E-state index in [2.05, 4.69) is 17.1 Å². The van der Waals surface area contributed by atoms with Crippen molar-refractivity contribution in [1.29, 1.82) is 0 Å². The van der Waals surface area contributed by atoms with Gasteiger partial charge in [-0.25, -0.2) is 4.98 Å². The second-order valence-corrected chi connectivity index (χ2v) is 7.56. The first-order valence-electron chi connectivity index (χ1n) is 9.70. The van der Waals surface area contributed by atoms with Gasteiger partial charge in [-0.05, 0) is 17.7 Å². The average molecular weight is 416 g/mol. The number of carbonyl (C=O) groups is 1. The number of rotatable bonds is 9. The Balaban J connectivity index is 1.36. The zero-order chi connectivity index (χ0) is 20.6. The van der Waals surface area contributed by atoms with Gasteiger partial charge < -0.3 is 9.47 Å². The third kappa shape index (κ3) is 5.13. The lowest BCUT2D eigenvalue weighted by molar-refractivity contribution is 0.111. The van der Waals surface area contributed by atoms with E-state index in [-0.39, 0.29) is 0 Å². The Morgan fingerprint density at radius 1 is 0.900 bits per heavy atom. The van der Waals surface area contributed by atoms with Gasteiger partial charge in [0.1, 0.15) is 23.1 Å². The molecule has 0 spiro atoms. The summed E-state index contributed by atoms with van der Waals surface area (Å²) >= 11 is 1.62. The molecule has 0 saturated carbocycles. The molecule has 4 nitrogen and oxygen atoms in total. The summed E-state index contributed by atoms with van der Waals surface area (Å²) in [5.41, 5.74) is 3.67. The number of ether oxygens (including phenoxy) is 2. The van der Waals surface area contributed by atoms with Crippen LogP contribution >= 0.6 is 11.3 Å². The third-order valence-corrected chi connectivity index (χ3v) is 5.49. The number of nitrogens with zero attached hydrogens (tertiary/aromatic N) is 1. The molecule has 0 N–H and O–H groups in total. The van der Waals surface area contributed by atoms with Gasteiger partial charge >= 0.3 is 0 Å². The summed E-state index contributed by atoms with van der Waals surface area (Å²) in [6.07, 6.45) is 1.46. The summed E-state index contributed by atoms with van der Waals surface area (Å²) in [5, 5.41) is 3.04. The highest BCUT2D eigenvalue weighted by Gasteiger charge is 2.08. The first-order valence-corrected chi connectivity index (χ1v) is 10.6. The molecule has 0 amide bonds. The van der Waals surface area contributed by atoms with E-state index in [0.29, 0.717) is 36.7 Å². The predicted molar refractivity (Wildman–Crippen MR) is 119 cm³/mol. The first-order chi connectivity index (χ1) is 14.8. The van der Waals surface area contributed by atoms with Gasteiger partial charge in [-0.1, -0.05) is 60.7 Å². The molecule has 3 aromatic carbocycles. The molecule has 1 aromatic heterocycles. The third-order valence-electron chi connectivity index (χ3n) is 4.55. The van der Waals surface area contributed by atoms with Crippen LogP contribution in [0.1, 0.15) is 21.6 Å². The molecule has 1 heterocycles. The number of benzene rings is 3. The van der Waals surface area contributed by atoms with Crippen molar-refractivity contribution in [2.45, 2.75) is 13.0 Å². The highest BCUT2D eigenvalue weighted by molar-refractivity contribution is 7.13. The quantitative estimate of drug-likeness (QED) is 0.323. The molecular weight excluding hydrogens is 394 g/mol. The van der Waals surface area contributed by atoms with Crippen LogP contribution in [0.15, 0.2) is 84.2 Å². The number of carbonyl (C=O) groups excluding carboxylic acids is 1. The lowest BCUT2D eigenvalue weighted by atomic mass is 10.2. The molecule has 0 atom stereocenters. The number of aldehydes is 1. The second-order valence-electron chi connectivity index (χ2n) is 6.70. The van der Waals surface area contributed by atoms with Crippen LogP contribution in [0.3, 0.4) is 0 Å². The van der Waals surface area contributed by atoms with Crippen molar-refractivity contribution >= 4 is 17.6 Å². The van der Waals surface area contributed by atoms with Crippen LogP contribution in [0, 0.1) is 0 Å². The molecular formula is C25H21NO3S. The Kier molecular flexibility index (Phi) is 6.52. The normalized spacial score (nSPS) is 10.5. The van der Waals surface area contributed by atoms with E-state index in [4.69, 9.17) is 9.47 Å². The van der Waals surface area contributed by atoms with E-state index in [1.807, 2.05) is 53.9 Å². The van der Waals surface area contributed by atoms with Crippen LogP contribution in [-0.4, -0.2) is 17.9 Å². The number of hydrogen-bond acceptors (Lipinski definition) is 5. The lowest BCUT2D eigenvalue weighted by Gasteiger charge is -2.11. The highest BCUT2D eigenvalue weighted by atomic mass is 32.1.